The van der Waals surface area contributed by atoms with Gasteiger partial charge in [0.2, 0.25) is 0 Å². The molecule has 1 amide bonds. The van der Waals surface area contributed by atoms with Gasteiger partial charge in [0.25, 0.3) is 5.91 Å². The molecule has 1 heterocycles. The van der Waals surface area contributed by atoms with Crippen molar-refractivity contribution in [3.63, 3.8) is 0 Å². The van der Waals surface area contributed by atoms with E-state index in [4.69, 9.17) is 15.2 Å². The number of rotatable bonds is 7. The maximum Gasteiger partial charge on any atom is 0.253 e. The topological polar surface area (TPSA) is 64.8 Å². The molecule has 0 aliphatic carbocycles. The summed E-state index contributed by atoms with van der Waals surface area (Å²) in [6, 6.07) is 7.60. The number of ether oxygens (including phenoxy) is 2. The average Bonchev–Trinajstić information content (AvgIpc) is 2.59. The van der Waals surface area contributed by atoms with E-state index in [-0.39, 0.29) is 11.9 Å². The fraction of sp³-hybridized carbons (Fsp3) is 0.611. The number of carbonyl (C=O) groups excluding carboxylic acids is 1. The van der Waals surface area contributed by atoms with Crippen LogP contribution in [0.25, 0.3) is 0 Å². The molecule has 2 rings (SSSR count). The Labute approximate surface area is 138 Å². The van der Waals surface area contributed by atoms with Crippen molar-refractivity contribution < 1.29 is 14.3 Å². The summed E-state index contributed by atoms with van der Waals surface area (Å²) < 4.78 is 10.6. The summed E-state index contributed by atoms with van der Waals surface area (Å²) >= 11 is 0. The third-order valence-corrected chi connectivity index (χ3v) is 4.43. The summed E-state index contributed by atoms with van der Waals surface area (Å²) in [5.74, 6) is 1.41. The molecule has 0 saturated carbocycles. The number of likely N-dealkylation sites (tertiary alicyclic amines) is 1. The third kappa shape index (κ3) is 5.22. The average molecular weight is 320 g/mol. The van der Waals surface area contributed by atoms with Gasteiger partial charge in [-0.05, 0) is 49.9 Å². The minimum atomic E-state index is 0.0963. The van der Waals surface area contributed by atoms with E-state index in [0.29, 0.717) is 24.7 Å². The number of carbonyl (C=O) groups is 1. The number of nitrogens with two attached hydrogens (primary N) is 1. The van der Waals surface area contributed by atoms with Crippen LogP contribution in [0.15, 0.2) is 24.3 Å². The van der Waals surface area contributed by atoms with Crippen LogP contribution in [0.3, 0.4) is 0 Å². The zero-order valence-electron chi connectivity index (χ0n) is 14.2. The van der Waals surface area contributed by atoms with Crippen molar-refractivity contribution >= 4 is 5.91 Å². The Morgan fingerprint density at radius 3 is 2.48 bits per heavy atom. The predicted molar refractivity (Wildman–Crippen MR) is 90.7 cm³/mol. The van der Waals surface area contributed by atoms with Gasteiger partial charge in [0.15, 0.2) is 0 Å². The fourth-order valence-electron chi connectivity index (χ4n) is 2.90. The van der Waals surface area contributed by atoms with Crippen LogP contribution < -0.4 is 10.5 Å². The lowest BCUT2D eigenvalue weighted by molar-refractivity contribution is 0.0681. The van der Waals surface area contributed by atoms with Crippen molar-refractivity contribution in [2.45, 2.75) is 32.2 Å². The molecule has 5 nitrogen and oxygen atoms in total. The van der Waals surface area contributed by atoms with Crippen LogP contribution in [-0.4, -0.2) is 50.3 Å². The van der Waals surface area contributed by atoms with Crippen LogP contribution >= 0.6 is 0 Å². The highest BCUT2D eigenvalue weighted by atomic mass is 16.5. The van der Waals surface area contributed by atoms with Crippen LogP contribution in [0.4, 0.5) is 0 Å². The van der Waals surface area contributed by atoms with Crippen LogP contribution in [0, 0.1) is 5.92 Å². The Bertz CT molecular complexity index is 480. The van der Waals surface area contributed by atoms with Gasteiger partial charge in [-0.1, -0.05) is 0 Å². The summed E-state index contributed by atoms with van der Waals surface area (Å²) in [4.78, 5) is 14.4. The zero-order chi connectivity index (χ0) is 16.7. The first-order chi connectivity index (χ1) is 11.1. The Kier molecular flexibility index (Phi) is 6.86. The standard InChI is InChI=1S/C18H28N2O3/c1-14(19)15-8-10-20(11-9-15)18(21)16-4-6-17(7-5-16)23-13-3-12-22-2/h4-7,14-15H,3,8-13,19H2,1-2H3. The van der Waals surface area contributed by atoms with E-state index in [0.717, 1.165) is 38.1 Å². The van der Waals surface area contributed by atoms with Gasteiger partial charge in [0.1, 0.15) is 5.75 Å². The molecule has 5 heteroatoms. The van der Waals surface area contributed by atoms with E-state index in [2.05, 4.69) is 0 Å². The molecule has 0 aromatic heterocycles. The van der Waals surface area contributed by atoms with E-state index in [9.17, 15) is 4.79 Å². The Hall–Kier alpha value is -1.59. The highest BCUT2D eigenvalue weighted by molar-refractivity contribution is 5.94. The van der Waals surface area contributed by atoms with Crippen LogP contribution in [0.5, 0.6) is 5.75 Å². The molecule has 1 saturated heterocycles. The van der Waals surface area contributed by atoms with Crippen molar-refractivity contribution in [1.29, 1.82) is 0 Å². The summed E-state index contributed by atoms with van der Waals surface area (Å²) in [6.07, 6.45) is 2.83. The molecule has 2 N–H and O–H groups in total. The molecule has 0 bridgehead atoms. The summed E-state index contributed by atoms with van der Waals surface area (Å²) in [5, 5.41) is 0. The molecule has 1 aliphatic heterocycles. The first kappa shape index (κ1) is 17.8. The molecule has 1 aliphatic rings. The molecular weight excluding hydrogens is 292 g/mol. The molecule has 1 fully saturated rings. The molecule has 1 aromatic carbocycles. The predicted octanol–water partition coefficient (Wildman–Crippen LogP) is 2.30. The van der Waals surface area contributed by atoms with Crippen molar-refractivity contribution in [3.8, 4) is 5.75 Å². The lowest BCUT2D eigenvalue weighted by Crippen LogP contribution is -2.42. The van der Waals surface area contributed by atoms with Gasteiger partial charge in [-0.2, -0.15) is 0 Å². The van der Waals surface area contributed by atoms with Gasteiger partial charge in [-0.3, -0.25) is 4.79 Å². The summed E-state index contributed by atoms with van der Waals surface area (Å²) in [5.41, 5.74) is 6.67. The second kappa shape index (κ2) is 8.89. The number of hydrogen-bond acceptors (Lipinski definition) is 4. The normalized spacial score (nSPS) is 17.1. The number of amides is 1. The number of nitrogens with zero attached hydrogens (tertiary/aromatic N) is 1. The molecular formula is C18H28N2O3. The van der Waals surface area contributed by atoms with Gasteiger partial charge in [-0.25, -0.2) is 0 Å². The van der Waals surface area contributed by atoms with Crippen molar-refractivity contribution in [3.05, 3.63) is 29.8 Å². The second-order valence-electron chi connectivity index (χ2n) is 6.21. The SMILES string of the molecule is COCCCOc1ccc(C(=O)N2CCC(C(C)N)CC2)cc1. The first-order valence-electron chi connectivity index (χ1n) is 8.38. The van der Waals surface area contributed by atoms with Gasteiger partial charge < -0.3 is 20.1 Å². The van der Waals surface area contributed by atoms with E-state index in [1.54, 1.807) is 7.11 Å². The molecule has 23 heavy (non-hydrogen) atoms. The maximum atomic E-state index is 12.5. The van der Waals surface area contributed by atoms with Gasteiger partial charge in [0, 0.05) is 44.8 Å². The number of benzene rings is 1. The molecule has 128 valence electrons. The Balaban J connectivity index is 1.83. The number of methoxy groups -OCH3 is 1. The summed E-state index contributed by atoms with van der Waals surface area (Å²) in [7, 11) is 1.68. The lowest BCUT2D eigenvalue weighted by atomic mass is 9.90. The highest BCUT2D eigenvalue weighted by Gasteiger charge is 2.25. The minimum absolute atomic E-state index is 0.0963. The summed E-state index contributed by atoms with van der Waals surface area (Å²) in [6.45, 7) is 4.94. The molecule has 0 radical (unpaired) electrons. The maximum absolute atomic E-state index is 12.5. The lowest BCUT2D eigenvalue weighted by Gasteiger charge is -2.33. The van der Waals surface area contributed by atoms with E-state index < -0.39 is 0 Å². The number of hydrogen-bond donors (Lipinski definition) is 1. The quantitative estimate of drug-likeness (QED) is 0.783. The molecule has 1 unspecified atom stereocenters. The zero-order valence-corrected chi connectivity index (χ0v) is 14.2. The number of piperidine rings is 1. The molecule has 1 aromatic rings. The van der Waals surface area contributed by atoms with Gasteiger partial charge >= 0.3 is 0 Å². The molecule has 1 atom stereocenters. The molecule has 0 spiro atoms. The van der Waals surface area contributed by atoms with Crippen LogP contribution in [-0.2, 0) is 4.74 Å². The monoisotopic (exact) mass is 320 g/mol. The van der Waals surface area contributed by atoms with Crippen molar-refractivity contribution in [2.75, 3.05) is 33.4 Å². The first-order valence-corrected chi connectivity index (χ1v) is 8.38. The second-order valence-corrected chi connectivity index (χ2v) is 6.21. The van der Waals surface area contributed by atoms with Gasteiger partial charge in [-0.15, -0.1) is 0 Å². The van der Waals surface area contributed by atoms with Gasteiger partial charge in [0.05, 0.1) is 6.61 Å². The fourth-order valence-corrected chi connectivity index (χ4v) is 2.90. The highest BCUT2D eigenvalue weighted by Crippen LogP contribution is 2.22. The van der Waals surface area contributed by atoms with E-state index >= 15 is 0 Å². The van der Waals surface area contributed by atoms with Crippen molar-refractivity contribution in [1.82, 2.24) is 4.90 Å². The largest absolute Gasteiger partial charge is 0.494 e. The van der Waals surface area contributed by atoms with E-state index in [1.165, 1.54) is 0 Å². The van der Waals surface area contributed by atoms with Crippen LogP contribution in [0.2, 0.25) is 0 Å². The Morgan fingerprint density at radius 2 is 1.91 bits per heavy atom. The minimum Gasteiger partial charge on any atom is -0.494 e. The van der Waals surface area contributed by atoms with Crippen molar-refractivity contribution in [2.24, 2.45) is 11.7 Å². The van der Waals surface area contributed by atoms with E-state index in [1.807, 2.05) is 36.1 Å². The van der Waals surface area contributed by atoms with Crippen LogP contribution in [0.1, 0.15) is 36.5 Å². The smallest absolute Gasteiger partial charge is 0.253 e. The Morgan fingerprint density at radius 1 is 1.26 bits per heavy atom. The third-order valence-electron chi connectivity index (χ3n) is 4.43.